The van der Waals surface area contributed by atoms with Gasteiger partial charge in [0, 0.05) is 13.5 Å². The maximum atomic E-state index is 12.5. The van der Waals surface area contributed by atoms with Gasteiger partial charge in [-0.3, -0.25) is 14.5 Å². The van der Waals surface area contributed by atoms with Gasteiger partial charge in [0.15, 0.2) is 0 Å². The van der Waals surface area contributed by atoms with Gasteiger partial charge >= 0.3 is 0 Å². The summed E-state index contributed by atoms with van der Waals surface area (Å²) in [5.41, 5.74) is 2.06. The SMILES string of the molecule is CC1=C(c2cccs2)N2C(=O)C(C)N(C)C(=O)C2C1. The molecule has 0 aliphatic carbocycles. The fourth-order valence-electron chi connectivity index (χ4n) is 2.84. The van der Waals surface area contributed by atoms with Gasteiger partial charge in [0.25, 0.3) is 0 Å². The minimum absolute atomic E-state index is 0.0207. The number of amides is 2. The van der Waals surface area contributed by atoms with E-state index in [9.17, 15) is 9.59 Å². The first-order valence-corrected chi connectivity index (χ1v) is 7.23. The zero-order chi connectivity index (χ0) is 13.7. The van der Waals surface area contributed by atoms with Crippen molar-refractivity contribution in [1.29, 1.82) is 0 Å². The number of hydrogen-bond donors (Lipinski definition) is 0. The van der Waals surface area contributed by atoms with Crippen LogP contribution in [0.1, 0.15) is 25.1 Å². The van der Waals surface area contributed by atoms with Gasteiger partial charge in [-0.1, -0.05) is 6.07 Å². The van der Waals surface area contributed by atoms with E-state index in [0.29, 0.717) is 6.42 Å². The first-order valence-electron chi connectivity index (χ1n) is 6.35. The zero-order valence-corrected chi connectivity index (χ0v) is 12.0. The topological polar surface area (TPSA) is 40.6 Å². The van der Waals surface area contributed by atoms with Crippen molar-refractivity contribution in [2.75, 3.05) is 7.05 Å². The molecule has 0 saturated carbocycles. The van der Waals surface area contributed by atoms with Crippen LogP contribution in [0.4, 0.5) is 0 Å². The number of rotatable bonds is 1. The number of carbonyl (C=O) groups is 2. The summed E-state index contributed by atoms with van der Waals surface area (Å²) in [6.45, 7) is 3.80. The van der Waals surface area contributed by atoms with Crippen molar-refractivity contribution >= 4 is 28.8 Å². The number of nitrogens with zero attached hydrogens (tertiary/aromatic N) is 2. The highest BCUT2D eigenvalue weighted by atomic mass is 32.1. The molecule has 1 fully saturated rings. The minimum Gasteiger partial charge on any atom is -0.332 e. The molecule has 0 spiro atoms. The van der Waals surface area contributed by atoms with Crippen LogP contribution in [0.3, 0.4) is 0 Å². The fourth-order valence-corrected chi connectivity index (χ4v) is 3.68. The van der Waals surface area contributed by atoms with E-state index in [1.54, 1.807) is 35.1 Å². The number of likely N-dealkylation sites (N-methyl/N-ethyl adjacent to an activating group) is 1. The predicted molar refractivity (Wildman–Crippen MR) is 74.4 cm³/mol. The molecule has 2 aliphatic rings. The summed E-state index contributed by atoms with van der Waals surface area (Å²) < 4.78 is 0. The molecule has 0 aromatic carbocycles. The minimum atomic E-state index is -0.385. The molecule has 1 saturated heterocycles. The van der Waals surface area contributed by atoms with Crippen molar-refractivity contribution in [1.82, 2.24) is 9.80 Å². The summed E-state index contributed by atoms with van der Waals surface area (Å²) in [4.78, 5) is 29.2. The Labute approximate surface area is 116 Å². The molecule has 3 rings (SSSR count). The maximum Gasteiger partial charge on any atom is 0.250 e. The highest BCUT2D eigenvalue weighted by molar-refractivity contribution is 7.11. The number of piperazine rings is 1. The summed E-state index contributed by atoms with van der Waals surface area (Å²) in [6, 6.07) is 3.25. The fraction of sp³-hybridized carbons (Fsp3) is 0.429. The van der Waals surface area contributed by atoms with Gasteiger partial charge in [-0.05, 0) is 30.9 Å². The van der Waals surface area contributed by atoms with Gasteiger partial charge in [-0.25, -0.2) is 0 Å². The van der Waals surface area contributed by atoms with Crippen LogP contribution in [-0.2, 0) is 9.59 Å². The molecule has 2 atom stereocenters. The molecular weight excluding hydrogens is 260 g/mol. The van der Waals surface area contributed by atoms with Crippen LogP contribution in [0.5, 0.6) is 0 Å². The van der Waals surface area contributed by atoms with Gasteiger partial charge in [0.05, 0.1) is 10.6 Å². The van der Waals surface area contributed by atoms with E-state index in [2.05, 4.69) is 0 Å². The molecule has 3 heterocycles. The monoisotopic (exact) mass is 276 g/mol. The standard InChI is InChI=1S/C14H16N2O2S/c1-8-7-10-14(18)15(3)9(2)13(17)16(10)12(8)11-5-4-6-19-11/h4-6,9-10H,7H2,1-3H3. The molecular formula is C14H16N2O2S. The van der Waals surface area contributed by atoms with Crippen LogP contribution in [0, 0.1) is 0 Å². The summed E-state index contributed by atoms with van der Waals surface area (Å²) in [5, 5.41) is 1.99. The lowest BCUT2D eigenvalue weighted by Crippen LogP contribution is -2.60. The Bertz CT molecular complexity index is 576. The average Bonchev–Trinajstić information content (AvgIpc) is 3.00. The van der Waals surface area contributed by atoms with Crippen molar-refractivity contribution < 1.29 is 9.59 Å². The van der Waals surface area contributed by atoms with Gasteiger partial charge in [0.1, 0.15) is 12.1 Å². The maximum absolute atomic E-state index is 12.5. The normalized spacial score (nSPS) is 27.3. The van der Waals surface area contributed by atoms with Gasteiger partial charge in [0.2, 0.25) is 11.8 Å². The van der Waals surface area contributed by atoms with E-state index in [0.717, 1.165) is 16.1 Å². The summed E-state index contributed by atoms with van der Waals surface area (Å²) in [6.07, 6.45) is 0.648. The van der Waals surface area contributed by atoms with Crippen molar-refractivity contribution in [2.24, 2.45) is 0 Å². The van der Waals surface area contributed by atoms with E-state index in [1.807, 2.05) is 24.4 Å². The lowest BCUT2D eigenvalue weighted by molar-refractivity contribution is -0.154. The van der Waals surface area contributed by atoms with Crippen LogP contribution in [0.25, 0.3) is 5.70 Å². The third-order valence-electron chi connectivity index (χ3n) is 4.02. The number of hydrogen-bond acceptors (Lipinski definition) is 3. The molecule has 2 unspecified atom stereocenters. The van der Waals surface area contributed by atoms with Crippen LogP contribution in [0.15, 0.2) is 23.1 Å². The van der Waals surface area contributed by atoms with Gasteiger partial charge < -0.3 is 4.90 Å². The summed E-state index contributed by atoms with van der Waals surface area (Å²) in [5.74, 6) is 0.0605. The Balaban J connectivity index is 2.07. The van der Waals surface area contributed by atoms with Crippen LogP contribution >= 0.6 is 11.3 Å². The Hall–Kier alpha value is -1.62. The third kappa shape index (κ3) is 1.64. The predicted octanol–water partition coefficient (Wildman–Crippen LogP) is 1.94. The molecule has 2 aliphatic heterocycles. The Kier molecular flexibility index (Phi) is 2.74. The largest absolute Gasteiger partial charge is 0.332 e. The van der Waals surface area contributed by atoms with Crippen LogP contribution in [0.2, 0.25) is 0 Å². The third-order valence-corrected chi connectivity index (χ3v) is 4.90. The Morgan fingerprint density at radius 1 is 1.32 bits per heavy atom. The second-order valence-electron chi connectivity index (χ2n) is 5.16. The molecule has 1 aromatic rings. The second kappa shape index (κ2) is 4.20. The van der Waals surface area contributed by atoms with E-state index in [-0.39, 0.29) is 23.9 Å². The van der Waals surface area contributed by atoms with Crippen LogP contribution < -0.4 is 0 Å². The molecule has 0 radical (unpaired) electrons. The molecule has 19 heavy (non-hydrogen) atoms. The van der Waals surface area contributed by atoms with E-state index >= 15 is 0 Å². The van der Waals surface area contributed by atoms with E-state index < -0.39 is 0 Å². The molecule has 0 bridgehead atoms. The lowest BCUT2D eigenvalue weighted by Gasteiger charge is -2.40. The quantitative estimate of drug-likeness (QED) is 0.786. The Morgan fingerprint density at radius 2 is 2.05 bits per heavy atom. The molecule has 4 nitrogen and oxygen atoms in total. The summed E-state index contributed by atoms with van der Waals surface area (Å²) >= 11 is 1.61. The van der Waals surface area contributed by atoms with Crippen molar-refractivity contribution in [3.63, 3.8) is 0 Å². The lowest BCUT2D eigenvalue weighted by atomic mass is 10.1. The van der Waals surface area contributed by atoms with E-state index in [4.69, 9.17) is 0 Å². The number of carbonyl (C=O) groups excluding carboxylic acids is 2. The van der Waals surface area contributed by atoms with Crippen molar-refractivity contribution in [2.45, 2.75) is 32.4 Å². The zero-order valence-electron chi connectivity index (χ0n) is 11.2. The first-order chi connectivity index (χ1) is 9.02. The number of thiophene rings is 1. The molecule has 2 amide bonds. The van der Waals surface area contributed by atoms with Crippen molar-refractivity contribution in [3.8, 4) is 0 Å². The van der Waals surface area contributed by atoms with E-state index in [1.165, 1.54) is 0 Å². The second-order valence-corrected chi connectivity index (χ2v) is 6.11. The van der Waals surface area contributed by atoms with Crippen LogP contribution in [-0.4, -0.2) is 40.7 Å². The average molecular weight is 276 g/mol. The van der Waals surface area contributed by atoms with Crippen molar-refractivity contribution in [3.05, 3.63) is 28.0 Å². The smallest absolute Gasteiger partial charge is 0.250 e. The first kappa shape index (κ1) is 12.4. The molecule has 5 heteroatoms. The molecule has 1 aromatic heterocycles. The highest BCUT2D eigenvalue weighted by Crippen LogP contribution is 2.40. The molecule has 100 valence electrons. The van der Waals surface area contributed by atoms with Gasteiger partial charge in [-0.2, -0.15) is 0 Å². The Morgan fingerprint density at radius 3 is 2.68 bits per heavy atom. The number of fused-ring (bicyclic) bond motifs is 1. The summed E-state index contributed by atoms with van der Waals surface area (Å²) in [7, 11) is 1.71. The van der Waals surface area contributed by atoms with Gasteiger partial charge in [-0.15, -0.1) is 11.3 Å². The highest BCUT2D eigenvalue weighted by Gasteiger charge is 2.47. The molecule has 0 N–H and O–H groups in total.